The van der Waals surface area contributed by atoms with Crippen LogP contribution in [0, 0.1) is 21.4 Å². The maximum Gasteiger partial charge on any atom is 0.312 e. The van der Waals surface area contributed by atoms with Crippen molar-refractivity contribution in [1.82, 2.24) is 9.88 Å². The van der Waals surface area contributed by atoms with Gasteiger partial charge in [0.15, 0.2) is 0 Å². The Balaban J connectivity index is 1.69. The zero-order valence-corrected chi connectivity index (χ0v) is 13.8. The van der Waals surface area contributed by atoms with Crippen molar-refractivity contribution in [3.8, 4) is 6.07 Å². The Morgan fingerprint density at radius 3 is 2.92 bits per heavy atom. The summed E-state index contributed by atoms with van der Waals surface area (Å²) in [6.45, 7) is 2.67. The smallest absolute Gasteiger partial charge is 0.312 e. The highest BCUT2D eigenvalue weighted by atomic mass is 16.6. The average molecular weight is 337 g/mol. The topological polar surface area (TPSA) is 95.1 Å². The first-order valence-electron chi connectivity index (χ1n) is 8.23. The minimum absolute atomic E-state index is 0.0941. The van der Waals surface area contributed by atoms with E-state index in [4.69, 9.17) is 5.26 Å². The van der Waals surface area contributed by atoms with Crippen LogP contribution in [0.2, 0.25) is 0 Å². The number of piperidine rings is 1. The van der Waals surface area contributed by atoms with Gasteiger partial charge in [0.05, 0.1) is 10.5 Å². The molecule has 1 saturated heterocycles. The minimum atomic E-state index is -0.499. The molecule has 0 amide bonds. The summed E-state index contributed by atoms with van der Waals surface area (Å²) in [5.74, 6) is 0.232. The minimum Gasteiger partial charge on any atom is -0.360 e. The number of hydrogen-bond donors (Lipinski definition) is 1. The number of hydrogen-bond acceptors (Lipinski definition) is 6. The molecule has 7 heteroatoms. The van der Waals surface area contributed by atoms with Crippen LogP contribution in [0.4, 0.5) is 11.5 Å². The summed E-state index contributed by atoms with van der Waals surface area (Å²) in [6, 6.07) is 13.5. The van der Waals surface area contributed by atoms with E-state index in [2.05, 4.69) is 27.3 Å². The van der Waals surface area contributed by atoms with E-state index in [1.165, 1.54) is 17.8 Å². The van der Waals surface area contributed by atoms with E-state index in [-0.39, 0.29) is 23.1 Å². The molecule has 2 heterocycles. The van der Waals surface area contributed by atoms with E-state index < -0.39 is 4.92 Å². The van der Waals surface area contributed by atoms with Crippen LogP contribution in [0.3, 0.4) is 0 Å². The van der Waals surface area contributed by atoms with Gasteiger partial charge in [0, 0.05) is 31.4 Å². The van der Waals surface area contributed by atoms with E-state index in [0.717, 1.165) is 32.5 Å². The molecule has 0 spiro atoms. The molecule has 0 aliphatic carbocycles. The number of benzene rings is 1. The first kappa shape index (κ1) is 16.9. The molecule has 1 atom stereocenters. The lowest BCUT2D eigenvalue weighted by atomic mass is 10.0. The monoisotopic (exact) mass is 337 g/mol. The van der Waals surface area contributed by atoms with Crippen LogP contribution in [0.15, 0.2) is 42.6 Å². The molecule has 1 aromatic heterocycles. The molecule has 1 aromatic carbocycles. The number of pyridine rings is 1. The largest absolute Gasteiger partial charge is 0.360 e. The summed E-state index contributed by atoms with van der Waals surface area (Å²) >= 11 is 0. The Labute approximate surface area is 146 Å². The SMILES string of the molecule is N#Cc1cnc(NC2CCCN(Cc3ccccc3)C2)c([N+](=O)[O-])c1. The van der Waals surface area contributed by atoms with Crippen LogP contribution in [-0.2, 0) is 6.54 Å². The molecule has 2 aromatic rings. The fourth-order valence-electron chi connectivity index (χ4n) is 3.12. The lowest BCUT2D eigenvalue weighted by Crippen LogP contribution is -2.41. The molecule has 128 valence electrons. The lowest BCUT2D eigenvalue weighted by molar-refractivity contribution is -0.384. The van der Waals surface area contributed by atoms with Crippen LogP contribution < -0.4 is 5.32 Å². The van der Waals surface area contributed by atoms with Crippen LogP contribution in [0.1, 0.15) is 24.0 Å². The van der Waals surface area contributed by atoms with Crippen LogP contribution in [0.25, 0.3) is 0 Å². The fourth-order valence-corrected chi connectivity index (χ4v) is 3.12. The van der Waals surface area contributed by atoms with Gasteiger partial charge >= 0.3 is 5.69 Å². The van der Waals surface area contributed by atoms with Crippen molar-refractivity contribution in [2.75, 3.05) is 18.4 Å². The number of nitrogens with one attached hydrogen (secondary N) is 1. The summed E-state index contributed by atoms with van der Waals surface area (Å²) in [5, 5.41) is 23.3. The molecule has 1 aliphatic rings. The van der Waals surface area contributed by atoms with E-state index in [1.807, 2.05) is 24.3 Å². The molecule has 0 radical (unpaired) electrons. The van der Waals surface area contributed by atoms with Gasteiger partial charge in [-0.15, -0.1) is 0 Å². The average Bonchev–Trinajstić information content (AvgIpc) is 2.63. The third-order valence-corrected chi connectivity index (χ3v) is 4.29. The number of nitro groups is 1. The highest BCUT2D eigenvalue weighted by Gasteiger charge is 2.24. The van der Waals surface area contributed by atoms with Crippen LogP contribution >= 0.6 is 0 Å². The van der Waals surface area contributed by atoms with Crippen LogP contribution in [0.5, 0.6) is 0 Å². The Hall–Kier alpha value is -2.98. The Bertz CT molecular complexity index is 788. The highest BCUT2D eigenvalue weighted by Crippen LogP contribution is 2.25. The van der Waals surface area contributed by atoms with Crippen molar-refractivity contribution >= 4 is 11.5 Å². The Morgan fingerprint density at radius 2 is 2.20 bits per heavy atom. The summed E-state index contributed by atoms with van der Waals surface area (Å²) in [5.41, 5.74) is 1.29. The molecular weight excluding hydrogens is 318 g/mol. The molecular formula is C18H19N5O2. The zero-order chi connectivity index (χ0) is 17.6. The Morgan fingerprint density at radius 1 is 1.40 bits per heavy atom. The molecule has 3 rings (SSSR count). The molecule has 0 bridgehead atoms. The van der Waals surface area contributed by atoms with Gasteiger partial charge in [-0.25, -0.2) is 4.98 Å². The van der Waals surface area contributed by atoms with Crippen molar-refractivity contribution in [3.05, 3.63) is 63.8 Å². The van der Waals surface area contributed by atoms with E-state index in [1.54, 1.807) is 0 Å². The predicted molar refractivity (Wildman–Crippen MR) is 94.0 cm³/mol. The van der Waals surface area contributed by atoms with Gasteiger partial charge < -0.3 is 5.32 Å². The van der Waals surface area contributed by atoms with E-state index in [0.29, 0.717) is 0 Å². The van der Waals surface area contributed by atoms with E-state index >= 15 is 0 Å². The maximum absolute atomic E-state index is 11.2. The number of likely N-dealkylation sites (tertiary alicyclic amines) is 1. The fraction of sp³-hybridized carbons (Fsp3) is 0.333. The van der Waals surface area contributed by atoms with Gasteiger partial charge in [0.25, 0.3) is 0 Å². The van der Waals surface area contributed by atoms with E-state index in [9.17, 15) is 10.1 Å². The van der Waals surface area contributed by atoms with Crippen molar-refractivity contribution < 1.29 is 4.92 Å². The molecule has 1 aliphatic heterocycles. The second kappa shape index (κ2) is 7.73. The van der Waals surface area contributed by atoms with Crippen molar-refractivity contribution in [2.45, 2.75) is 25.4 Å². The predicted octanol–water partition coefficient (Wildman–Crippen LogP) is 2.94. The third kappa shape index (κ3) is 4.31. The van der Waals surface area contributed by atoms with Crippen molar-refractivity contribution in [1.29, 1.82) is 5.26 Å². The summed E-state index contributed by atoms with van der Waals surface area (Å²) in [4.78, 5) is 17.2. The summed E-state index contributed by atoms with van der Waals surface area (Å²) < 4.78 is 0. The summed E-state index contributed by atoms with van der Waals surface area (Å²) in [6.07, 6.45) is 3.32. The van der Waals surface area contributed by atoms with Gasteiger partial charge in [0.2, 0.25) is 5.82 Å². The standard InChI is InChI=1S/C18H19N5O2/c19-10-15-9-17(23(24)25)18(20-11-15)21-16-7-4-8-22(13-16)12-14-5-2-1-3-6-14/h1-3,5-6,9,11,16H,4,7-8,12-13H2,(H,20,21). The number of nitriles is 1. The van der Waals surface area contributed by atoms with Crippen molar-refractivity contribution in [2.24, 2.45) is 0 Å². The zero-order valence-electron chi connectivity index (χ0n) is 13.8. The Kier molecular flexibility index (Phi) is 5.21. The molecule has 1 N–H and O–H groups in total. The number of rotatable bonds is 5. The quantitative estimate of drug-likeness (QED) is 0.666. The molecule has 0 saturated carbocycles. The third-order valence-electron chi connectivity index (χ3n) is 4.29. The highest BCUT2D eigenvalue weighted by molar-refractivity contribution is 5.58. The van der Waals surface area contributed by atoms with Gasteiger partial charge in [0.1, 0.15) is 6.07 Å². The normalized spacial score (nSPS) is 17.6. The second-order valence-corrected chi connectivity index (χ2v) is 6.16. The molecule has 25 heavy (non-hydrogen) atoms. The molecule has 7 nitrogen and oxygen atoms in total. The maximum atomic E-state index is 11.2. The van der Waals surface area contributed by atoms with Gasteiger partial charge in [-0.3, -0.25) is 15.0 Å². The number of nitrogens with zero attached hydrogens (tertiary/aromatic N) is 4. The van der Waals surface area contributed by atoms with Gasteiger partial charge in [-0.2, -0.15) is 5.26 Å². The first-order chi connectivity index (χ1) is 12.2. The van der Waals surface area contributed by atoms with Gasteiger partial charge in [-0.05, 0) is 24.9 Å². The molecule has 1 unspecified atom stereocenters. The van der Waals surface area contributed by atoms with Gasteiger partial charge in [-0.1, -0.05) is 30.3 Å². The molecule has 1 fully saturated rings. The number of anilines is 1. The summed E-state index contributed by atoms with van der Waals surface area (Å²) in [7, 11) is 0. The first-order valence-corrected chi connectivity index (χ1v) is 8.23. The lowest BCUT2D eigenvalue weighted by Gasteiger charge is -2.33. The number of aromatic nitrogens is 1. The second-order valence-electron chi connectivity index (χ2n) is 6.16. The van der Waals surface area contributed by atoms with Crippen LogP contribution in [-0.4, -0.2) is 33.9 Å². The van der Waals surface area contributed by atoms with Crippen molar-refractivity contribution in [3.63, 3.8) is 0 Å².